The van der Waals surface area contributed by atoms with Gasteiger partial charge in [-0.3, -0.25) is 9.59 Å². The van der Waals surface area contributed by atoms with Crippen LogP contribution in [0.3, 0.4) is 0 Å². The van der Waals surface area contributed by atoms with Gasteiger partial charge in [0.15, 0.2) is 0 Å². The fourth-order valence-corrected chi connectivity index (χ4v) is 4.26. The molecule has 35 heavy (non-hydrogen) atoms. The van der Waals surface area contributed by atoms with Crippen LogP contribution in [-0.2, 0) is 14.3 Å². The highest BCUT2D eigenvalue weighted by atomic mass is 19.3. The molecule has 1 aliphatic carbocycles. The first-order valence-electron chi connectivity index (χ1n) is 11.6. The molecule has 188 valence electrons. The lowest BCUT2D eigenvalue weighted by Gasteiger charge is -2.17. The number of amides is 2. The lowest BCUT2D eigenvalue weighted by molar-refractivity contribution is -0.139. The number of fused-ring (bicyclic) bond motifs is 3. The van der Waals surface area contributed by atoms with Crippen molar-refractivity contribution >= 4 is 18.0 Å². The van der Waals surface area contributed by atoms with Gasteiger partial charge in [0, 0.05) is 18.9 Å². The summed E-state index contributed by atoms with van der Waals surface area (Å²) in [4.78, 5) is 34.7. The van der Waals surface area contributed by atoms with Gasteiger partial charge in [-0.05, 0) is 41.0 Å². The predicted octanol–water partition coefficient (Wildman–Crippen LogP) is 4.56. The highest BCUT2D eigenvalue weighted by molar-refractivity contribution is 5.79. The minimum atomic E-state index is -2.95. The van der Waals surface area contributed by atoms with Crippen LogP contribution in [0.2, 0.25) is 0 Å². The van der Waals surface area contributed by atoms with Gasteiger partial charge in [-0.15, -0.1) is 0 Å². The number of benzene rings is 2. The monoisotopic (exact) mass is 488 g/mol. The maximum Gasteiger partial charge on any atom is 0.407 e. The highest BCUT2D eigenvalue weighted by Crippen LogP contribution is 2.44. The van der Waals surface area contributed by atoms with E-state index >= 15 is 0 Å². The van der Waals surface area contributed by atoms with Gasteiger partial charge >= 0.3 is 12.1 Å². The summed E-state index contributed by atoms with van der Waals surface area (Å²) in [5.74, 6) is -2.00. The van der Waals surface area contributed by atoms with Gasteiger partial charge in [0.05, 0.1) is 6.42 Å². The van der Waals surface area contributed by atoms with Crippen LogP contribution in [0, 0.1) is 5.92 Å². The van der Waals surface area contributed by atoms with Crippen molar-refractivity contribution in [2.45, 2.75) is 51.0 Å². The molecule has 0 aromatic heterocycles. The Morgan fingerprint density at radius 2 is 1.60 bits per heavy atom. The standard InChI is InChI=1S/C26H30F2N2O5/c1-16(10-11-23(31)30-22(25(27)28)14-24(32)33)12-13-29-26(34)35-15-21-19-8-4-2-6-17(19)18-7-3-5-9-20(18)21/h2-9,16,21-22,25H,10-15H2,1H3,(H,29,34)(H,30,31)(H,32,33). The second-order valence-electron chi connectivity index (χ2n) is 8.79. The number of alkyl halides is 2. The van der Waals surface area contributed by atoms with Crippen molar-refractivity contribution in [1.29, 1.82) is 0 Å². The topological polar surface area (TPSA) is 105 Å². The normalized spacial score (nSPS) is 14.1. The number of rotatable bonds is 12. The Labute approximate surface area is 202 Å². The molecule has 0 fully saturated rings. The van der Waals surface area contributed by atoms with E-state index in [1.54, 1.807) is 0 Å². The summed E-state index contributed by atoms with van der Waals surface area (Å²) in [5.41, 5.74) is 4.56. The summed E-state index contributed by atoms with van der Waals surface area (Å²) in [6.45, 7) is 2.45. The van der Waals surface area contributed by atoms with Crippen molar-refractivity contribution in [3.63, 3.8) is 0 Å². The van der Waals surface area contributed by atoms with Gasteiger partial charge < -0.3 is 20.5 Å². The molecule has 2 aromatic carbocycles. The fraction of sp³-hybridized carbons (Fsp3) is 0.423. The molecule has 3 rings (SSSR count). The summed E-state index contributed by atoms with van der Waals surface area (Å²) in [6.07, 6.45) is -3.32. The largest absolute Gasteiger partial charge is 0.481 e. The molecule has 0 saturated heterocycles. The molecular weight excluding hydrogens is 458 g/mol. The number of hydrogen-bond acceptors (Lipinski definition) is 4. The molecule has 0 spiro atoms. The Bertz CT molecular complexity index is 1000. The third-order valence-electron chi connectivity index (χ3n) is 6.16. The quantitative estimate of drug-likeness (QED) is 0.406. The second-order valence-corrected chi connectivity index (χ2v) is 8.79. The van der Waals surface area contributed by atoms with E-state index in [1.165, 1.54) is 0 Å². The first-order valence-corrected chi connectivity index (χ1v) is 11.6. The van der Waals surface area contributed by atoms with Crippen LogP contribution >= 0.6 is 0 Å². The van der Waals surface area contributed by atoms with Crippen molar-refractivity contribution in [2.24, 2.45) is 5.92 Å². The molecule has 3 N–H and O–H groups in total. The summed E-state index contributed by atoms with van der Waals surface area (Å²) >= 11 is 0. The summed E-state index contributed by atoms with van der Waals surface area (Å²) < 4.78 is 31.2. The number of carboxylic acids is 1. The number of aliphatic carboxylic acids is 1. The Hall–Kier alpha value is -3.49. The Balaban J connectivity index is 1.37. The third-order valence-corrected chi connectivity index (χ3v) is 6.16. The van der Waals surface area contributed by atoms with Crippen LogP contribution in [0.25, 0.3) is 11.1 Å². The first kappa shape index (κ1) is 26.1. The molecule has 7 nitrogen and oxygen atoms in total. The van der Waals surface area contributed by atoms with Crippen LogP contribution < -0.4 is 10.6 Å². The zero-order valence-corrected chi connectivity index (χ0v) is 19.5. The van der Waals surface area contributed by atoms with Crippen molar-refractivity contribution in [3.8, 4) is 11.1 Å². The molecule has 1 aliphatic rings. The maximum atomic E-state index is 12.8. The minimum Gasteiger partial charge on any atom is -0.481 e. The maximum absolute atomic E-state index is 12.8. The minimum absolute atomic E-state index is 0.00501. The van der Waals surface area contributed by atoms with Gasteiger partial charge in [-0.2, -0.15) is 0 Å². The van der Waals surface area contributed by atoms with Crippen molar-refractivity contribution in [2.75, 3.05) is 13.2 Å². The summed E-state index contributed by atoms with van der Waals surface area (Å²) in [5, 5.41) is 13.5. The SMILES string of the molecule is CC(CCNC(=O)OCC1c2ccccc2-c2ccccc21)CCC(=O)NC(CC(=O)O)C(F)F. The van der Waals surface area contributed by atoms with Gasteiger partial charge in [0.25, 0.3) is 6.43 Å². The Morgan fingerprint density at radius 1 is 1.00 bits per heavy atom. The second kappa shape index (κ2) is 12.3. The summed E-state index contributed by atoms with van der Waals surface area (Å²) in [7, 11) is 0. The van der Waals surface area contributed by atoms with E-state index in [0.717, 1.165) is 22.3 Å². The van der Waals surface area contributed by atoms with E-state index < -0.39 is 36.9 Å². The molecule has 2 aromatic rings. The van der Waals surface area contributed by atoms with Crippen LogP contribution in [0.15, 0.2) is 48.5 Å². The average Bonchev–Trinajstić information content (AvgIpc) is 3.14. The lowest BCUT2D eigenvalue weighted by atomic mass is 9.98. The van der Waals surface area contributed by atoms with E-state index in [2.05, 4.69) is 22.8 Å². The first-order chi connectivity index (χ1) is 16.8. The molecule has 0 aliphatic heterocycles. The smallest absolute Gasteiger partial charge is 0.407 e. The predicted molar refractivity (Wildman–Crippen MR) is 126 cm³/mol. The summed E-state index contributed by atoms with van der Waals surface area (Å²) in [6, 6.07) is 14.4. The Kier molecular flexibility index (Phi) is 9.17. The van der Waals surface area contributed by atoms with Gasteiger partial charge in [-0.25, -0.2) is 13.6 Å². The molecule has 0 radical (unpaired) electrons. The molecule has 0 heterocycles. The number of ether oxygens (including phenoxy) is 1. The lowest BCUT2D eigenvalue weighted by Crippen LogP contribution is -2.41. The molecule has 2 amide bonds. The van der Waals surface area contributed by atoms with Gasteiger partial charge in [0.2, 0.25) is 5.91 Å². The van der Waals surface area contributed by atoms with E-state index in [0.29, 0.717) is 19.4 Å². The number of carboxylic acid groups (broad SMARTS) is 1. The van der Waals surface area contributed by atoms with E-state index in [-0.39, 0.29) is 24.9 Å². The molecule has 0 saturated carbocycles. The molecule has 9 heteroatoms. The third kappa shape index (κ3) is 7.24. The number of carbonyl (C=O) groups excluding carboxylic acids is 2. The van der Waals surface area contributed by atoms with Crippen molar-refractivity contribution < 1.29 is 33.0 Å². The van der Waals surface area contributed by atoms with E-state index in [4.69, 9.17) is 9.84 Å². The highest BCUT2D eigenvalue weighted by Gasteiger charge is 2.29. The zero-order valence-electron chi connectivity index (χ0n) is 19.5. The van der Waals surface area contributed by atoms with E-state index in [9.17, 15) is 23.2 Å². The van der Waals surface area contributed by atoms with Gasteiger partial charge in [0.1, 0.15) is 12.6 Å². The fourth-order valence-electron chi connectivity index (χ4n) is 4.26. The number of carbonyl (C=O) groups is 3. The van der Waals surface area contributed by atoms with Crippen LogP contribution in [-0.4, -0.2) is 48.7 Å². The number of halogens is 2. The Morgan fingerprint density at radius 3 is 2.17 bits per heavy atom. The molecule has 2 atom stereocenters. The molecular formula is C26H30F2N2O5. The molecule has 0 bridgehead atoms. The van der Waals surface area contributed by atoms with E-state index in [1.807, 2.05) is 43.3 Å². The average molecular weight is 489 g/mol. The van der Waals surface area contributed by atoms with Crippen molar-refractivity contribution in [3.05, 3.63) is 59.7 Å². The van der Waals surface area contributed by atoms with Gasteiger partial charge in [-0.1, -0.05) is 55.5 Å². The van der Waals surface area contributed by atoms with Crippen LogP contribution in [0.5, 0.6) is 0 Å². The number of hydrogen-bond donors (Lipinski definition) is 3. The van der Waals surface area contributed by atoms with Crippen LogP contribution in [0.4, 0.5) is 13.6 Å². The number of nitrogens with one attached hydrogen (secondary N) is 2. The van der Waals surface area contributed by atoms with Crippen LogP contribution in [0.1, 0.15) is 49.7 Å². The van der Waals surface area contributed by atoms with Crippen molar-refractivity contribution in [1.82, 2.24) is 10.6 Å². The zero-order chi connectivity index (χ0) is 25.4. The molecule has 2 unspecified atom stereocenters. The number of alkyl carbamates (subject to hydrolysis) is 1.